The van der Waals surface area contributed by atoms with Crippen LogP contribution in [-0.2, 0) is 17.4 Å². The first-order chi connectivity index (χ1) is 17.6. The van der Waals surface area contributed by atoms with Gasteiger partial charge in [0, 0.05) is 12.8 Å². The van der Waals surface area contributed by atoms with E-state index in [1.54, 1.807) is 0 Å². The van der Waals surface area contributed by atoms with Gasteiger partial charge in [-0.15, -0.1) is 0 Å². The number of benzene rings is 2. The second-order valence-electron chi connectivity index (χ2n) is 10.5. The van der Waals surface area contributed by atoms with Crippen LogP contribution in [0.1, 0.15) is 121 Å². The fraction of sp³-hybridized carbons (Fsp3) is 0.625. The Labute approximate surface area is 222 Å². The molecule has 2 rings (SSSR count). The molecule has 0 amide bonds. The van der Waals surface area contributed by atoms with Gasteiger partial charge in [0.2, 0.25) is 0 Å². The Bertz CT molecular complexity index is 709. The van der Waals surface area contributed by atoms with Gasteiger partial charge < -0.3 is 14.3 Å². The number of unbranched alkanes of at least 4 members (excludes halogenated alkanes) is 14. The first kappa shape index (κ1) is 31.0. The van der Waals surface area contributed by atoms with Crippen molar-refractivity contribution in [2.24, 2.45) is 0 Å². The molecule has 4 heteroatoms. The fourth-order valence-corrected chi connectivity index (χ4v) is 5.80. The van der Waals surface area contributed by atoms with Crippen LogP contribution in [0.2, 0.25) is 0 Å². The van der Waals surface area contributed by atoms with Crippen molar-refractivity contribution in [2.45, 2.75) is 128 Å². The minimum atomic E-state index is -2.92. The first-order valence-electron chi connectivity index (χ1n) is 14.5. The van der Waals surface area contributed by atoms with Gasteiger partial charge in [-0.3, -0.25) is 0 Å². The molecule has 0 aliphatic carbocycles. The van der Waals surface area contributed by atoms with Gasteiger partial charge in [0.25, 0.3) is 0 Å². The third kappa shape index (κ3) is 14.5. The third-order valence-electron chi connectivity index (χ3n) is 7.24. The Morgan fingerprint density at radius 3 is 1.28 bits per heavy atom. The quantitative estimate of drug-likeness (QED) is 0.117. The monoisotopic (exact) mass is 512 g/mol. The van der Waals surface area contributed by atoms with Crippen LogP contribution in [-0.4, -0.2) is 5.60 Å². The first-order valence-corrected chi connectivity index (χ1v) is 15.6. The molecule has 0 fully saturated rings. The topological polar surface area (TPSA) is 55.3 Å². The molecule has 0 aliphatic rings. The Hall–Kier alpha value is -1.25. The molecule has 0 aromatic heterocycles. The van der Waals surface area contributed by atoms with Crippen LogP contribution in [0, 0.1) is 0 Å². The summed E-state index contributed by atoms with van der Waals surface area (Å²) < 4.78 is 5.72. The van der Waals surface area contributed by atoms with Crippen LogP contribution >= 0.6 is 8.60 Å². The van der Waals surface area contributed by atoms with Crippen LogP contribution in [0.15, 0.2) is 60.7 Å². The van der Waals surface area contributed by atoms with Crippen LogP contribution in [0.25, 0.3) is 0 Å². The average Bonchev–Trinajstić information content (AvgIpc) is 2.87. The van der Waals surface area contributed by atoms with Crippen molar-refractivity contribution in [3.05, 3.63) is 71.8 Å². The molecule has 0 N–H and O–H groups in total. The summed E-state index contributed by atoms with van der Waals surface area (Å²) in [5, 5.41) is 0. The molecule has 0 saturated heterocycles. The molecule has 0 radical (unpaired) electrons. The maximum atomic E-state index is 11.8. The highest BCUT2D eigenvalue weighted by Gasteiger charge is 2.31. The summed E-state index contributed by atoms with van der Waals surface area (Å²) in [7, 11) is -2.92. The number of hydrogen-bond acceptors (Lipinski definition) is 3. The third-order valence-corrected chi connectivity index (χ3v) is 7.78. The van der Waals surface area contributed by atoms with E-state index in [2.05, 4.69) is 31.2 Å². The summed E-state index contributed by atoms with van der Waals surface area (Å²) in [5.41, 5.74) is 1.51. The fourth-order valence-electron chi connectivity index (χ4n) is 5.26. The largest absolute Gasteiger partial charge is 0.820 e. The van der Waals surface area contributed by atoms with Crippen molar-refractivity contribution in [1.82, 2.24) is 0 Å². The van der Waals surface area contributed by atoms with E-state index in [1.165, 1.54) is 83.5 Å². The van der Waals surface area contributed by atoms with Gasteiger partial charge in [-0.05, 0) is 17.5 Å². The van der Waals surface area contributed by atoms with E-state index in [1.807, 2.05) is 36.4 Å². The summed E-state index contributed by atoms with van der Waals surface area (Å²) in [6, 6.07) is 20.3. The van der Waals surface area contributed by atoms with Gasteiger partial charge >= 0.3 is 0 Å². The summed E-state index contributed by atoms with van der Waals surface area (Å²) in [6.07, 6.45) is 21.8. The molecule has 0 spiro atoms. The van der Waals surface area contributed by atoms with E-state index in [4.69, 9.17) is 4.52 Å². The molecule has 2 aromatic carbocycles. The van der Waals surface area contributed by atoms with Crippen molar-refractivity contribution in [3.63, 3.8) is 0 Å². The van der Waals surface area contributed by atoms with Gasteiger partial charge in [0.15, 0.2) is 0 Å². The molecule has 0 aliphatic heterocycles. The zero-order valence-electron chi connectivity index (χ0n) is 22.7. The second-order valence-corrected chi connectivity index (χ2v) is 11.2. The van der Waals surface area contributed by atoms with Crippen molar-refractivity contribution in [2.75, 3.05) is 0 Å². The molecule has 2 aromatic rings. The minimum Gasteiger partial charge on any atom is -0.820 e. The smallest absolute Gasteiger partial charge is 0.0772 e. The predicted octanol–water partition coefficient (Wildman–Crippen LogP) is 8.44. The number of hydrogen-bond donors (Lipinski definition) is 0. The molecule has 36 heavy (non-hydrogen) atoms. The van der Waals surface area contributed by atoms with Crippen LogP contribution < -0.4 is 9.79 Å². The van der Waals surface area contributed by atoms with Crippen LogP contribution in [0.4, 0.5) is 0 Å². The average molecular weight is 513 g/mol. The second kappa shape index (κ2) is 19.8. The summed E-state index contributed by atoms with van der Waals surface area (Å²) in [5.74, 6) is 0. The van der Waals surface area contributed by atoms with Crippen molar-refractivity contribution < 1.29 is 14.3 Å². The van der Waals surface area contributed by atoms with E-state index < -0.39 is 14.2 Å². The summed E-state index contributed by atoms with van der Waals surface area (Å²) >= 11 is 0. The lowest BCUT2D eigenvalue weighted by Crippen LogP contribution is -2.39. The molecular formula is C32H49O3P-2. The highest BCUT2D eigenvalue weighted by atomic mass is 31.2. The van der Waals surface area contributed by atoms with Crippen LogP contribution in [0.5, 0.6) is 0 Å². The Morgan fingerprint density at radius 1 is 0.556 bits per heavy atom. The van der Waals surface area contributed by atoms with Crippen molar-refractivity contribution >= 4 is 8.60 Å². The van der Waals surface area contributed by atoms with Crippen molar-refractivity contribution in [3.8, 4) is 0 Å². The maximum Gasteiger partial charge on any atom is 0.0772 e. The summed E-state index contributed by atoms with van der Waals surface area (Å²) in [4.78, 5) is 23.5. The SMILES string of the molecule is CCCCCCCCCCCCCCCCCC(Cc1ccccc1)(Cc1ccccc1)OP([O-])[O-]. The highest BCUT2D eigenvalue weighted by Crippen LogP contribution is 2.36. The van der Waals surface area contributed by atoms with E-state index >= 15 is 0 Å². The van der Waals surface area contributed by atoms with Gasteiger partial charge in [0.05, 0.1) is 5.60 Å². The maximum absolute atomic E-state index is 11.8. The van der Waals surface area contributed by atoms with Crippen molar-refractivity contribution in [1.29, 1.82) is 0 Å². The number of rotatable bonds is 22. The predicted molar refractivity (Wildman–Crippen MR) is 151 cm³/mol. The molecule has 0 heterocycles. The lowest BCUT2D eigenvalue weighted by molar-refractivity contribution is -0.326. The van der Waals surface area contributed by atoms with Crippen LogP contribution in [0.3, 0.4) is 0 Å². The molecule has 0 bridgehead atoms. The normalized spacial score (nSPS) is 11.9. The van der Waals surface area contributed by atoms with E-state index in [9.17, 15) is 9.79 Å². The molecular weight excluding hydrogens is 463 g/mol. The molecule has 0 unspecified atom stereocenters. The van der Waals surface area contributed by atoms with Gasteiger partial charge in [-0.2, -0.15) is 8.60 Å². The highest BCUT2D eigenvalue weighted by molar-refractivity contribution is 7.36. The molecule has 3 nitrogen and oxygen atoms in total. The molecule has 0 saturated carbocycles. The standard InChI is InChI=1S/C32H49O3P/c1-2-3-4-5-6-7-8-9-10-11-12-13-14-15-22-27-32(35-36(33)34,28-30-23-18-16-19-24-30)29-31-25-20-17-21-26-31/h16-21,23-26H,2-15,22,27-29H2,1H3/q-2. The lowest BCUT2D eigenvalue weighted by atomic mass is 9.83. The molecule has 0 atom stereocenters. The zero-order chi connectivity index (χ0) is 25.7. The molecule has 202 valence electrons. The Morgan fingerprint density at radius 2 is 0.917 bits per heavy atom. The Kier molecular flexibility index (Phi) is 17.0. The minimum absolute atomic E-state index is 0.602. The van der Waals surface area contributed by atoms with E-state index in [-0.39, 0.29) is 0 Å². The van der Waals surface area contributed by atoms with E-state index in [0.29, 0.717) is 12.8 Å². The van der Waals surface area contributed by atoms with Gasteiger partial charge in [-0.25, -0.2) is 0 Å². The van der Waals surface area contributed by atoms with Gasteiger partial charge in [-0.1, -0.05) is 164 Å². The van der Waals surface area contributed by atoms with E-state index in [0.717, 1.165) is 30.4 Å². The van der Waals surface area contributed by atoms with Gasteiger partial charge in [0.1, 0.15) is 0 Å². The lowest BCUT2D eigenvalue weighted by Gasteiger charge is -2.44. The Balaban J connectivity index is 1.71. The zero-order valence-corrected chi connectivity index (χ0v) is 23.6. The summed E-state index contributed by atoms with van der Waals surface area (Å²) in [6.45, 7) is 2.28.